The molecular weight excluding hydrogens is 428 g/mol. The van der Waals surface area contributed by atoms with Gasteiger partial charge >= 0.3 is 0 Å². The number of aromatic nitrogens is 4. The number of pyridine rings is 3. The largest absolute Gasteiger partial charge is 0.352 e. The van der Waals surface area contributed by atoms with Crippen LogP contribution in [0.1, 0.15) is 45.9 Å². The molecule has 0 unspecified atom stereocenters. The first-order valence-corrected chi connectivity index (χ1v) is 11.4. The van der Waals surface area contributed by atoms with Crippen molar-refractivity contribution in [3.8, 4) is 0 Å². The van der Waals surface area contributed by atoms with Crippen LogP contribution < -0.4 is 5.32 Å². The Morgan fingerprint density at radius 1 is 0.909 bits per heavy atom. The standard InChI is InChI=1S/C26H26N6S/c1-18-14-22(19(2)31(18)17-21-6-5-10-28-15-21)25-24(23-7-3-4-11-29-23)30-26(33)32(25)16-20-8-12-27-13-9-20/h3-15,24-25H,16-17H2,1-2H3,(H,30,33)/t24-,25-/m1/s1. The summed E-state index contributed by atoms with van der Waals surface area (Å²) in [6, 6.07) is 16.5. The summed E-state index contributed by atoms with van der Waals surface area (Å²) in [6.45, 7) is 5.85. The van der Waals surface area contributed by atoms with Crippen LogP contribution in [0.25, 0.3) is 0 Å². The molecule has 2 atom stereocenters. The summed E-state index contributed by atoms with van der Waals surface area (Å²) in [7, 11) is 0. The molecule has 0 radical (unpaired) electrons. The van der Waals surface area contributed by atoms with Crippen LogP contribution in [0.3, 0.4) is 0 Å². The average molecular weight is 455 g/mol. The quantitative estimate of drug-likeness (QED) is 0.433. The Balaban J connectivity index is 1.56. The first-order chi connectivity index (χ1) is 16.1. The molecule has 6 nitrogen and oxygen atoms in total. The van der Waals surface area contributed by atoms with E-state index in [9.17, 15) is 0 Å². The van der Waals surface area contributed by atoms with Crippen LogP contribution in [0.4, 0.5) is 0 Å². The van der Waals surface area contributed by atoms with Crippen LogP contribution in [-0.2, 0) is 13.1 Å². The molecule has 1 aliphatic rings. The van der Waals surface area contributed by atoms with Crippen molar-refractivity contribution >= 4 is 17.3 Å². The van der Waals surface area contributed by atoms with E-state index < -0.39 is 0 Å². The van der Waals surface area contributed by atoms with Gasteiger partial charge in [0.1, 0.15) is 0 Å². The molecule has 0 amide bonds. The molecule has 1 saturated heterocycles. The molecule has 166 valence electrons. The minimum absolute atomic E-state index is 0.0226. The lowest BCUT2D eigenvalue weighted by molar-refractivity contribution is 0.309. The van der Waals surface area contributed by atoms with Gasteiger partial charge in [-0.2, -0.15) is 0 Å². The van der Waals surface area contributed by atoms with Crippen molar-refractivity contribution in [2.45, 2.75) is 39.0 Å². The highest BCUT2D eigenvalue weighted by molar-refractivity contribution is 7.80. The second-order valence-electron chi connectivity index (χ2n) is 8.38. The maximum Gasteiger partial charge on any atom is 0.170 e. The van der Waals surface area contributed by atoms with Crippen molar-refractivity contribution < 1.29 is 0 Å². The predicted octanol–water partition coefficient (Wildman–Crippen LogP) is 4.51. The van der Waals surface area contributed by atoms with E-state index >= 15 is 0 Å². The molecule has 0 aliphatic carbocycles. The third-order valence-electron chi connectivity index (χ3n) is 6.29. The van der Waals surface area contributed by atoms with Crippen molar-refractivity contribution in [2.24, 2.45) is 0 Å². The molecule has 0 aromatic carbocycles. The third-order valence-corrected chi connectivity index (χ3v) is 6.65. The molecule has 4 aromatic rings. The van der Waals surface area contributed by atoms with E-state index in [0.29, 0.717) is 6.54 Å². The monoisotopic (exact) mass is 454 g/mol. The zero-order valence-corrected chi connectivity index (χ0v) is 19.5. The smallest absolute Gasteiger partial charge is 0.170 e. The molecule has 1 N–H and O–H groups in total. The third kappa shape index (κ3) is 4.24. The second kappa shape index (κ2) is 9.11. The SMILES string of the molecule is Cc1cc([C@@H]2[C@@H](c3ccccn3)NC(=S)N2Cc2ccncc2)c(C)n1Cc1cccnc1. The Bertz CT molecular complexity index is 1240. The Morgan fingerprint density at radius 2 is 1.76 bits per heavy atom. The molecule has 0 spiro atoms. The van der Waals surface area contributed by atoms with E-state index in [1.54, 1.807) is 0 Å². The van der Waals surface area contributed by atoms with Gasteiger partial charge in [-0.1, -0.05) is 12.1 Å². The van der Waals surface area contributed by atoms with Crippen molar-refractivity contribution in [2.75, 3.05) is 0 Å². The van der Waals surface area contributed by atoms with Gasteiger partial charge in [0.05, 0.1) is 17.8 Å². The minimum atomic E-state index is -0.0344. The Hall–Kier alpha value is -3.58. The number of aryl methyl sites for hydroxylation is 1. The summed E-state index contributed by atoms with van der Waals surface area (Å²) < 4.78 is 2.35. The zero-order chi connectivity index (χ0) is 22.8. The van der Waals surface area contributed by atoms with E-state index in [2.05, 4.69) is 61.8 Å². The minimum Gasteiger partial charge on any atom is -0.352 e. The Kier molecular flexibility index (Phi) is 5.88. The van der Waals surface area contributed by atoms with Crippen molar-refractivity contribution in [3.63, 3.8) is 0 Å². The van der Waals surface area contributed by atoms with Gasteiger partial charge in [0.25, 0.3) is 0 Å². The topological polar surface area (TPSA) is 58.9 Å². The highest BCUT2D eigenvalue weighted by Gasteiger charge is 2.41. The fourth-order valence-electron chi connectivity index (χ4n) is 4.64. The normalized spacial score (nSPS) is 17.9. The number of hydrogen-bond acceptors (Lipinski definition) is 4. The summed E-state index contributed by atoms with van der Waals surface area (Å²) in [5.74, 6) is 0. The van der Waals surface area contributed by atoms with E-state index in [1.807, 2.05) is 61.3 Å². The van der Waals surface area contributed by atoms with Crippen LogP contribution in [0.5, 0.6) is 0 Å². The number of nitrogens with one attached hydrogen (secondary N) is 1. The van der Waals surface area contributed by atoms with Crippen LogP contribution in [-0.4, -0.2) is 29.5 Å². The van der Waals surface area contributed by atoms with Gasteiger partial charge in [-0.3, -0.25) is 15.0 Å². The van der Waals surface area contributed by atoms with Crippen LogP contribution in [0.15, 0.2) is 79.5 Å². The van der Waals surface area contributed by atoms with Crippen molar-refractivity contribution in [3.05, 3.63) is 113 Å². The van der Waals surface area contributed by atoms with E-state index in [-0.39, 0.29) is 12.1 Å². The Morgan fingerprint density at radius 3 is 2.48 bits per heavy atom. The van der Waals surface area contributed by atoms with Gasteiger partial charge < -0.3 is 14.8 Å². The summed E-state index contributed by atoms with van der Waals surface area (Å²) in [6.07, 6.45) is 9.23. The maximum absolute atomic E-state index is 5.84. The van der Waals surface area contributed by atoms with Crippen molar-refractivity contribution in [1.29, 1.82) is 0 Å². The number of thiocarbonyl (C=S) groups is 1. The summed E-state index contributed by atoms with van der Waals surface area (Å²) in [4.78, 5) is 15.4. The summed E-state index contributed by atoms with van der Waals surface area (Å²) in [5.41, 5.74) is 7.04. The van der Waals surface area contributed by atoms with Gasteiger partial charge in [-0.15, -0.1) is 0 Å². The molecule has 33 heavy (non-hydrogen) atoms. The molecular formula is C26H26N6S. The lowest BCUT2D eigenvalue weighted by Crippen LogP contribution is -2.29. The second-order valence-corrected chi connectivity index (χ2v) is 8.77. The fourth-order valence-corrected chi connectivity index (χ4v) is 4.95. The fraction of sp³-hybridized carbons (Fsp3) is 0.231. The van der Waals surface area contributed by atoms with Gasteiger partial charge in [0, 0.05) is 55.5 Å². The molecule has 4 aromatic heterocycles. The first kappa shape index (κ1) is 21.3. The van der Waals surface area contributed by atoms with Crippen molar-refractivity contribution in [1.82, 2.24) is 29.7 Å². The predicted molar refractivity (Wildman–Crippen MR) is 132 cm³/mol. The lowest BCUT2D eigenvalue weighted by atomic mass is 9.96. The van der Waals surface area contributed by atoms with Gasteiger partial charge in [0.15, 0.2) is 5.11 Å². The summed E-state index contributed by atoms with van der Waals surface area (Å²) in [5, 5.41) is 4.30. The van der Waals surface area contributed by atoms with Gasteiger partial charge in [-0.25, -0.2) is 0 Å². The van der Waals surface area contributed by atoms with Crippen LogP contribution in [0, 0.1) is 13.8 Å². The van der Waals surface area contributed by atoms with Gasteiger partial charge in [0.2, 0.25) is 0 Å². The lowest BCUT2D eigenvalue weighted by Gasteiger charge is -2.28. The molecule has 0 saturated carbocycles. The number of hydrogen-bond donors (Lipinski definition) is 1. The van der Waals surface area contributed by atoms with E-state index in [1.165, 1.54) is 28.1 Å². The molecule has 5 heterocycles. The number of rotatable bonds is 6. The van der Waals surface area contributed by atoms with Crippen LogP contribution in [0.2, 0.25) is 0 Å². The maximum atomic E-state index is 5.84. The highest BCUT2D eigenvalue weighted by Crippen LogP contribution is 2.41. The molecule has 0 bridgehead atoms. The zero-order valence-electron chi connectivity index (χ0n) is 18.7. The van der Waals surface area contributed by atoms with Crippen LogP contribution >= 0.6 is 12.2 Å². The van der Waals surface area contributed by atoms with E-state index in [0.717, 1.165) is 17.4 Å². The molecule has 5 rings (SSSR count). The molecule has 1 aliphatic heterocycles. The molecule has 1 fully saturated rings. The summed E-state index contributed by atoms with van der Waals surface area (Å²) >= 11 is 5.84. The first-order valence-electron chi connectivity index (χ1n) is 11.0. The average Bonchev–Trinajstić information content (AvgIpc) is 3.31. The number of nitrogens with zero attached hydrogens (tertiary/aromatic N) is 5. The van der Waals surface area contributed by atoms with E-state index in [4.69, 9.17) is 12.2 Å². The highest BCUT2D eigenvalue weighted by atomic mass is 32.1. The molecule has 7 heteroatoms. The Labute approximate surface area is 199 Å². The van der Waals surface area contributed by atoms with Gasteiger partial charge in [-0.05, 0) is 79.2 Å².